The second kappa shape index (κ2) is 6.47. The summed E-state index contributed by atoms with van der Waals surface area (Å²) in [6.45, 7) is 1.52. The number of hydrogen-bond acceptors (Lipinski definition) is 5. The van der Waals surface area contributed by atoms with E-state index in [0.29, 0.717) is 17.5 Å². The average Bonchev–Trinajstić information content (AvgIpc) is 3.20. The number of ether oxygens (including phenoxy) is 1. The number of nitrogens with one attached hydrogen (secondary N) is 1. The minimum Gasteiger partial charge on any atom is -0.378 e. The van der Waals surface area contributed by atoms with Crippen LogP contribution in [0.2, 0.25) is 0 Å². The maximum Gasteiger partial charge on any atom is 0.263 e. The Labute approximate surface area is 125 Å². The molecule has 0 bridgehead atoms. The standard InChI is InChI=1S/C14H16N2O2S2/c17-13(15-5-3-11-2-1-6-18-11)12-8-16-14(20-12)10-4-7-19-9-10/h4,7-9,11H,1-3,5-6H2,(H,15,17)/t11-/m0/s1. The normalized spacial score (nSPS) is 18.3. The fourth-order valence-corrected chi connectivity index (χ4v) is 3.75. The molecular formula is C14H16N2O2S2. The molecule has 20 heavy (non-hydrogen) atoms. The molecule has 4 nitrogen and oxygen atoms in total. The van der Waals surface area contributed by atoms with Crippen LogP contribution in [-0.2, 0) is 4.74 Å². The van der Waals surface area contributed by atoms with Gasteiger partial charge in [0.2, 0.25) is 0 Å². The highest BCUT2D eigenvalue weighted by atomic mass is 32.1. The first-order valence-electron chi connectivity index (χ1n) is 6.71. The maximum atomic E-state index is 12.0. The number of amides is 1. The zero-order valence-electron chi connectivity index (χ0n) is 11.0. The number of aromatic nitrogens is 1. The number of hydrogen-bond donors (Lipinski definition) is 1. The molecule has 1 amide bonds. The third kappa shape index (κ3) is 3.26. The second-order valence-electron chi connectivity index (χ2n) is 4.72. The van der Waals surface area contributed by atoms with Crippen LogP contribution in [0.4, 0.5) is 0 Å². The van der Waals surface area contributed by atoms with E-state index in [9.17, 15) is 4.79 Å². The van der Waals surface area contributed by atoms with Gasteiger partial charge in [0.15, 0.2) is 0 Å². The van der Waals surface area contributed by atoms with E-state index in [-0.39, 0.29) is 5.91 Å². The number of rotatable bonds is 5. The van der Waals surface area contributed by atoms with Gasteiger partial charge in [-0.2, -0.15) is 11.3 Å². The summed E-state index contributed by atoms with van der Waals surface area (Å²) in [6.07, 6.45) is 5.11. The van der Waals surface area contributed by atoms with E-state index >= 15 is 0 Å². The van der Waals surface area contributed by atoms with Crippen molar-refractivity contribution in [3.8, 4) is 10.6 Å². The van der Waals surface area contributed by atoms with Crippen LogP contribution >= 0.6 is 22.7 Å². The van der Waals surface area contributed by atoms with Gasteiger partial charge in [-0.15, -0.1) is 11.3 Å². The molecule has 2 aromatic heterocycles. The Morgan fingerprint density at radius 1 is 1.55 bits per heavy atom. The SMILES string of the molecule is O=C(NCC[C@@H]1CCCO1)c1cnc(-c2ccsc2)s1. The van der Waals surface area contributed by atoms with E-state index in [0.717, 1.165) is 36.4 Å². The molecule has 0 unspecified atom stereocenters. The third-order valence-electron chi connectivity index (χ3n) is 3.27. The fraction of sp³-hybridized carbons (Fsp3) is 0.429. The fourth-order valence-electron chi connectivity index (χ4n) is 2.20. The number of thiophene rings is 1. The van der Waals surface area contributed by atoms with Crippen LogP contribution in [0.25, 0.3) is 10.6 Å². The molecule has 3 rings (SSSR count). The molecule has 0 radical (unpaired) electrons. The number of carbonyl (C=O) groups is 1. The zero-order chi connectivity index (χ0) is 13.8. The van der Waals surface area contributed by atoms with Gasteiger partial charge in [0, 0.05) is 24.1 Å². The van der Waals surface area contributed by atoms with Crippen LogP contribution in [0.3, 0.4) is 0 Å². The molecule has 1 N–H and O–H groups in total. The van der Waals surface area contributed by atoms with Crippen LogP contribution in [0.5, 0.6) is 0 Å². The number of carbonyl (C=O) groups excluding carboxylic acids is 1. The molecule has 106 valence electrons. The summed E-state index contributed by atoms with van der Waals surface area (Å²) < 4.78 is 5.53. The van der Waals surface area contributed by atoms with E-state index in [2.05, 4.69) is 10.3 Å². The molecule has 1 aliphatic heterocycles. The van der Waals surface area contributed by atoms with Gasteiger partial charge in [0.25, 0.3) is 5.91 Å². The molecule has 0 aromatic carbocycles. The van der Waals surface area contributed by atoms with E-state index in [4.69, 9.17) is 4.74 Å². The van der Waals surface area contributed by atoms with Crippen molar-refractivity contribution in [2.45, 2.75) is 25.4 Å². The smallest absolute Gasteiger partial charge is 0.263 e. The van der Waals surface area contributed by atoms with Crippen molar-refractivity contribution in [1.82, 2.24) is 10.3 Å². The van der Waals surface area contributed by atoms with Gasteiger partial charge in [-0.1, -0.05) is 0 Å². The largest absolute Gasteiger partial charge is 0.378 e. The van der Waals surface area contributed by atoms with Crippen LogP contribution < -0.4 is 5.32 Å². The quantitative estimate of drug-likeness (QED) is 0.923. The van der Waals surface area contributed by atoms with Gasteiger partial charge in [-0.25, -0.2) is 4.98 Å². The Morgan fingerprint density at radius 2 is 2.50 bits per heavy atom. The van der Waals surface area contributed by atoms with E-state index in [1.165, 1.54) is 11.3 Å². The van der Waals surface area contributed by atoms with Crippen molar-refractivity contribution in [3.63, 3.8) is 0 Å². The Hall–Kier alpha value is -1.24. The molecule has 1 aliphatic rings. The molecule has 1 saturated heterocycles. The van der Waals surface area contributed by atoms with Crippen molar-refractivity contribution in [1.29, 1.82) is 0 Å². The van der Waals surface area contributed by atoms with Crippen LogP contribution in [0, 0.1) is 0 Å². The first-order valence-corrected chi connectivity index (χ1v) is 8.47. The monoisotopic (exact) mass is 308 g/mol. The van der Waals surface area contributed by atoms with Crippen molar-refractivity contribution in [2.24, 2.45) is 0 Å². The van der Waals surface area contributed by atoms with Gasteiger partial charge in [0.05, 0.1) is 12.3 Å². The van der Waals surface area contributed by atoms with Gasteiger partial charge in [-0.05, 0) is 30.7 Å². The molecule has 0 saturated carbocycles. The second-order valence-corrected chi connectivity index (χ2v) is 6.53. The van der Waals surface area contributed by atoms with Crippen molar-refractivity contribution in [2.75, 3.05) is 13.2 Å². The third-order valence-corrected chi connectivity index (χ3v) is 5.00. The lowest BCUT2D eigenvalue weighted by molar-refractivity contribution is 0.0910. The Morgan fingerprint density at radius 3 is 3.25 bits per heavy atom. The van der Waals surface area contributed by atoms with Crippen LogP contribution in [-0.4, -0.2) is 30.1 Å². The molecular weight excluding hydrogens is 292 g/mol. The topological polar surface area (TPSA) is 51.2 Å². The van der Waals surface area contributed by atoms with Gasteiger partial charge in [0.1, 0.15) is 9.88 Å². The molecule has 6 heteroatoms. The summed E-state index contributed by atoms with van der Waals surface area (Å²) in [7, 11) is 0. The lowest BCUT2D eigenvalue weighted by atomic mass is 10.2. The predicted molar refractivity (Wildman–Crippen MR) is 81.4 cm³/mol. The highest BCUT2D eigenvalue weighted by Crippen LogP contribution is 2.26. The maximum absolute atomic E-state index is 12.0. The molecule has 0 spiro atoms. The molecule has 1 fully saturated rings. The summed E-state index contributed by atoms with van der Waals surface area (Å²) in [4.78, 5) is 17.0. The first-order chi connectivity index (χ1) is 9.83. The van der Waals surface area contributed by atoms with Crippen LogP contribution in [0.1, 0.15) is 28.9 Å². The summed E-state index contributed by atoms with van der Waals surface area (Å²) in [5.41, 5.74) is 1.08. The lowest BCUT2D eigenvalue weighted by Crippen LogP contribution is -2.26. The molecule has 3 heterocycles. The van der Waals surface area contributed by atoms with E-state index < -0.39 is 0 Å². The highest BCUT2D eigenvalue weighted by Gasteiger charge is 2.16. The summed E-state index contributed by atoms with van der Waals surface area (Å²) in [5.74, 6) is -0.0398. The molecule has 2 aromatic rings. The molecule has 1 atom stereocenters. The summed E-state index contributed by atoms with van der Waals surface area (Å²) in [6, 6.07) is 2.02. The Kier molecular flexibility index (Phi) is 4.44. The average molecular weight is 308 g/mol. The minimum absolute atomic E-state index is 0.0398. The summed E-state index contributed by atoms with van der Waals surface area (Å²) >= 11 is 3.07. The predicted octanol–water partition coefficient (Wildman–Crippen LogP) is 3.17. The highest BCUT2D eigenvalue weighted by molar-refractivity contribution is 7.17. The number of thiazole rings is 1. The van der Waals surface area contributed by atoms with Gasteiger partial charge >= 0.3 is 0 Å². The van der Waals surface area contributed by atoms with Crippen molar-refractivity contribution < 1.29 is 9.53 Å². The van der Waals surface area contributed by atoms with E-state index in [1.807, 2.05) is 16.8 Å². The summed E-state index contributed by atoms with van der Waals surface area (Å²) in [5, 5.41) is 7.89. The number of nitrogens with zero attached hydrogens (tertiary/aromatic N) is 1. The first kappa shape index (κ1) is 13.7. The zero-order valence-corrected chi connectivity index (χ0v) is 12.6. The van der Waals surface area contributed by atoms with Crippen molar-refractivity contribution in [3.05, 3.63) is 27.9 Å². The Balaban J connectivity index is 1.52. The van der Waals surface area contributed by atoms with Crippen molar-refractivity contribution >= 4 is 28.6 Å². The lowest BCUT2D eigenvalue weighted by Gasteiger charge is -2.09. The van der Waals surface area contributed by atoms with Gasteiger partial charge < -0.3 is 10.1 Å². The molecule has 0 aliphatic carbocycles. The minimum atomic E-state index is -0.0398. The Bertz CT molecular complexity index is 560. The van der Waals surface area contributed by atoms with Gasteiger partial charge in [-0.3, -0.25) is 4.79 Å². The van der Waals surface area contributed by atoms with Crippen LogP contribution in [0.15, 0.2) is 23.0 Å². The van der Waals surface area contributed by atoms with E-state index in [1.54, 1.807) is 17.5 Å².